The predicted molar refractivity (Wildman–Crippen MR) is 83.4 cm³/mol. The fraction of sp³-hybridized carbons (Fsp3) is 0.412. The molecular formula is C17H19F3InN. The second-order valence-corrected chi connectivity index (χ2v) is 13.3. The van der Waals surface area contributed by atoms with Crippen LogP contribution in [0.2, 0.25) is 0 Å². The quantitative estimate of drug-likeness (QED) is 0.713. The van der Waals surface area contributed by atoms with Crippen molar-refractivity contribution in [2.24, 2.45) is 11.8 Å². The third kappa shape index (κ3) is 3.99. The summed E-state index contributed by atoms with van der Waals surface area (Å²) in [6.07, 6.45) is 2.79. The van der Waals surface area contributed by atoms with Crippen LogP contribution >= 0.6 is 0 Å². The molecule has 1 aliphatic heterocycles. The van der Waals surface area contributed by atoms with E-state index in [1.165, 1.54) is 9.40 Å². The van der Waals surface area contributed by atoms with Crippen molar-refractivity contribution in [3.63, 3.8) is 0 Å². The van der Waals surface area contributed by atoms with Gasteiger partial charge in [0.2, 0.25) is 0 Å². The van der Waals surface area contributed by atoms with Gasteiger partial charge in [-0.3, -0.25) is 0 Å². The summed E-state index contributed by atoms with van der Waals surface area (Å²) in [6.45, 7) is 1.85. The van der Waals surface area contributed by atoms with Crippen LogP contribution in [0.15, 0.2) is 49.6 Å². The van der Waals surface area contributed by atoms with E-state index in [2.05, 4.69) is 24.1 Å². The Kier molecular flexibility index (Phi) is 4.74. The molecule has 2 atom stereocenters. The molecule has 1 fully saturated rings. The minimum absolute atomic E-state index is 0.360. The van der Waals surface area contributed by atoms with E-state index in [1.54, 1.807) is 9.91 Å². The fourth-order valence-electron chi connectivity index (χ4n) is 3.20. The van der Waals surface area contributed by atoms with Gasteiger partial charge in [0.25, 0.3) is 0 Å². The zero-order chi connectivity index (χ0) is 15.7. The summed E-state index contributed by atoms with van der Waals surface area (Å²) >= 11 is -3.55. The minimum atomic E-state index is -3.94. The van der Waals surface area contributed by atoms with Gasteiger partial charge in [0.05, 0.1) is 0 Å². The Morgan fingerprint density at radius 1 is 1.23 bits per heavy atom. The predicted octanol–water partition coefficient (Wildman–Crippen LogP) is 3.93. The van der Waals surface area contributed by atoms with Crippen LogP contribution in [0.3, 0.4) is 0 Å². The van der Waals surface area contributed by atoms with E-state index in [0.29, 0.717) is 11.8 Å². The van der Waals surface area contributed by atoms with Crippen LogP contribution in [-0.2, 0) is 6.54 Å². The van der Waals surface area contributed by atoms with Crippen molar-refractivity contribution in [1.29, 1.82) is 0 Å². The van der Waals surface area contributed by atoms with Crippen molar-refractivity contribution in [1.82, 2.24) is 4.90 Å². The van der Waals surface area contributed by atoms with Gasteiger partial charge in [0, 0.05) is 0 Å². The molecule has 1 aromatic carbocycles. The van der Waals surface area contributed by atoms with E-state index in [1.807, 2.05) is 18.2 Å². The Hall–Kier alpha value is -0.680. The molecule has 0 N–H and O–H groups in total. The van der Waals surface area contributed by atoms with Gasteiger partial charge in [-0.1, -0.05) is 0 Å². The first-order valence-corrected chi connectivity index (χ1v) is 13.1. The molecule has 3 rings (SSSR count). The molecule has 0 spiro atoms. The van der Waals surface area contributed by atoms with Crippen LogP contribution in [0.1, 0.15) is 12.0 Å². The van der Waals surface area contributed by atoms with Gasteiger partial charge < -0.3 is 0 Å². The monoisotopic (exact) mass is 409 g/mol. The number of hydrogen-bond donors (Lipinski definition) is 0. The Labute approximate surface area is 137 Å². The van der Waals surface area contributed by atoms with E-state index >= 15 is 0 Å². The van der Waals surface area contributed by atoms with Crippen molar-refractivity contribution < 1.29 is 13.2 Å². The first kappa shape index (κ1) is 16.2. The van der Waals surface area contributed by atoms with Crippen molar-refractivity contribution in [3.8, 4) is 0 Å². The van der Waals surface area contributed by atoms with Gasteiger partial charge in [-0.2, -0.15) is 0 Å². The molecular weight excluding hydrogens is 390 g/mol. The Morgan fingerprint density at radius 2 is 1.95 bits per heavy atom. The fourth-order valence-corrected chi connectivity index (χ4v) is 8.11. The summed E-state index contributed by atoms with van der Waals surface area (Å²) in [4.78, 5) is 2.27. The van der Waals surface area contributed by atoms with Gasteiger partial charge in [-0.05, 0) is 0 Å². The molecule has 116 valence electrons. The molecule has 1 heterocycles. The van der Waals surface area contributed by atoms with E-state index in [-0.39, 0.29) is 0 Å². The van der Waals surface area contributed by atoms with Gasteiger partial charge in [-0.25, -0.2) is 0 Å². The number of hydrogen-bond acceptors (Lipinski definition) is 1. The topological polar surface area (TPSA) is 3.24 Å². The van der Waals surface area contributed by atoms with Crippen molar-refractivity contribution in [2.75, 3.05) is 13.6 Å². The molecule has 0 amide bonds. The molecule has 2 aliphatic rings. The van der Waals surface area contributed by atoms with Crippen LogP contribution < -0.4 is 0 Å². The molecule has 22 heavy (non-hydrogen) atoms. The van der Waals surface area contributed by atoms with Crippen LogP contribution in [-0.4, -0.2) is 43.9 Å². The maximum absolute atomic E-state index is 12.8. The zero-order valence-electron chi connectivity index (χ0n) is 12.6. The van der Waals surface area contributed by atoms with Crippen molar-refractivity contribution >= 4 is 21.4 Å². The van der Waals surface area contributed by atoms with Gasteiger partial charge in [0.1, 0.15) is 0 Å². The average Bonchev–Trinajstić information content (AvgIpc) is 3.01. The van der Waals surface area contributed by atoms with E-state index < -0.39 is 25.4 Å². The summed E-state index contributed by atoms with van der Waals surface area (Å²) in [7, 11) is 2.08. The van der Waals surface area contributed by atoms with Crippen LogP contribution in [0.25, 0.3) is 0 Å². The second-order valence-electron chi connectivity index (χ2n) is 6.38. The second kappa shape index (κ2) is 6.44. The number of alkyl halides is 3. The summed E-state index contributed by atoms with van der Waals surface area (Å²) in [6, 6.07) is 10.3. The molecule has 0 radical (unpaired) electrons. The summed E-state index contributed by atoms with van der Waals surface area (Å²) < 4.78 is 37.4. The summed E-state index contributed by atoms with van der Waals surface area (Å²) in [5, 5.41) is 0. The van der Waals surface area contributed by atoms with Gasteiger partial charge >= 0.3 is 137 Å². The maximum atomic E-state index is 12.8. The SMILES string of the molecule is CN(Cc1ccccc1)CC1CC1C1=[CH][In]([C](F)(F)F)[CH]=C1. The number of benzene rings is 1. The molecule has 1 nitrogen and oxygen atoms in total. The van der Waals surface area contributed by atoms with E-state index in [4.69, 9.17) is 0 Å². The molecule has 5 heteroatoms. The summed E-state index contributed by atoms with van der Waals surface area (Å²) in [5.41, 5.74) is 2.24. The first-order chi connectivity index (χ1) is 10.4. The number of rotatable bonds is 5. The molecule has 1 aromatic rings. The molecule has 0 aromatic heterocycles. The standard InChI is InChI=1S/C16H19N.CF3.In/c1-4-13(2)16-10-15(16)12-17(3)11-14-8-6-5-7-9-14;2-1(3)4;/h1-2,4-9,15-16H,10-12H2,3H3;;. The van der Waals surface area contributed by atoms with Crippen molar-refractivity contribution in [2.45, 2.75) is 16.9 Å². The average molecular weight is 409 g/mol. The molecule has 0 bridgehead atoms. The van der Waals surface area contributed by atoms with E-state index in [9.17, 15) is 13.2 Å². The molecule has 2 unspecified atom stereocenters. The third-order valence-corrected chi connectivity index (χ3v) is 10.5. The third-order valence-electron chi connectivity index (χ3n) is 4.44. The number of allylic oxidation sites excluding steroid dienone is 2. The van der Waals surface area contributed by atoms with Gasteiger partial charge in [0.15, 0.2) is 0 Å². The van der Waals surface area contributed by atoms with Crippen LogP contribution in [0.5, 0.6) is 0 Å². The molecule has 1 saturated carbocycles. The van der Waals surface area contributed by atoms with Crippen LogP contribution in [0.4, 0.5) is 13.2 Å². The summed E-state index contributed by atoms with van der Waals surface area (Å²) in [5.74, 6) is 0.876. The van der Waals surface area contributed by atoms with Crippen molar-refractivity contribution in [3.05, 3.63) is 55.2 Å². The van der Waals surface area contributed by atoms with E-state index in [0.717, 1.165) is 25.1 Å². The Bertz CT molecular complexity index is 579. The zero-order valence-corrected chi connectivity index (χ0v) is 15.8. The molecule has 1 aliphatic carbocycles. The Morgan fingerprint density at radius 3 is 2.59 bits per heavy atom. The molecule has 0 saturated heterocycles. The van der Waals surface area contributed by atoms with Gasteiger partial charge in [-0.15, -0.1) is 0 Å². The number of halogens is 3. The van der Waals surface area contributed by atoms with Crippen LogP contribution in [0, 0.1) is 11.8 Å². The first-order valence-electron chi connectivity index (χ1n) is 7.62. The normalized spacial score (nSPS) is 24.0. The number of nitrogens with zero attached hydrogens (tertiary/aromatic N) is 1. The Balaban J connectivity index is 1.50.